The number of aliphatic hydroxyl groups excluding tert-OH is 1. The summed E-state index contributed by atoms with van der Waals surface area (Å²) in [6.45, 7) is 3.79. The van der Waals surface area contributed by atoms with Gasteiger partial charge in [0.05, 0.1) is 25.4 Å². The number of nitrogens with zero attached hydrogens (tertiary/aromatic N) is 4. The lowest BCUT2D eigenvalue weighted by Crippen LogP contribution is -2.38. The summed E-state index contributed by atoms with van der Waals surface area (Å²) in [5.74, 6) is 0.118. The van der Waals surface area contributed by atoms with Crippen molar-refractivity contribution in [3.8, 4) is 0 Å². The van der Waals surface area contributed by atoms with E-state index in [1.54, 1.807) is 30.8 Å². The predicted molar refractivity (Wildman–Crippen MR) is 143 cm³/mol. The number of esters is 1. The van der Waals surface area contributed by atoms with Gasteiger partial charge < -0.3 is 30.0 Å². The van der Waals surface area contributed by atoms with Gasteiger partial charge in [0, 0.05) is 30.0 Å². The van der Waals surface area contributed by atoms with Crippen LogP contribution in [0.1, 0.15) is 42.9 Å². The standard InChI is InChI=1S/C26H32N6O6S/c1-4-36-22(34)13-27-25(35)28-20-11-9-19(10-12-20)24-37-21(15-39-26-29-30-31-32(26)3)16(2)23(38-24)18-7-5-17(14-33)6-8-18/h5-12,16,21,23-24,33H,4,13-15H2,1-3H3,(H2,27,28,35)/t16-,21+,23+,24+/m1/s1. The van der Waals surface area contributed by atoms with Crippen LogP contribution in [-0.2, 0) is 32.7 Å². The van der Waals surface area contributed by atoms with Gasteiger partial charge in [-0.05, 0) is 40.6 Å². The molecule has 13 heteroatoms. The van der Waals surface area contributed by atoms with E-state index in [0.717, 1.165) is 16.7 Å². The van der Waals surface area contributed by atoms with Crippen molar-refractivity contribution in [1.29, 1.82) is 0 Å². The fraction of sp³-hybridized carbons (Fsp3) is 0.423. The number of thioether (sulfide) groups is 1. The monoisotopic (exact) mass is 556 g/mol. The maximum absolute atomic E-state index is 12.1. The first-order valence-electron chi connectivity index (χ1n) is 12.5. The third kappa shape index (κ3) is 7.53. The first-order chi connectivity index (χ1) is 18.9. The average Bonchev–Trinajstić information content (AvgIpc) is 3.36. The van der Waals surface area contributed by atoms with Crippen LogP contribution in [-0.4, -0.2) is 62.3 Å². The Morgan fingerprint density at radius 2 is 1.82 bits per heavy atom. The number of amides is 2. The zero-order valence-electron chi connectivity index (χ0n) is 21.9. The highest BCUT2D eigenvalue weighted by molar-refractivity contribution is 7.99. The van der Waals surface area contributed by atoms with E-state index in [-0.39, 0.29) is 37.9 Å². The van der Waals surface area contributed by atoms with Gasteiger partial charge >= 0.3 is 12.0 Å². The molecule has 0 saturated carbocycles. The molecule has 3 N–H and O–H groups in total. The third-order valence-electron chi connectivity index (χ3n) is 6.22. The number of aryl methyl sites for hydroxylation is 1. The minimum atomic E-state index is -0.654. The van der Waals surface area contributed by atoms with Crippen molar-refractivity contribution in [2.24, 2.45) is 13.0 Å². The molecular formula is C26H32N6O6S. The van der Waals surface area contributed by atoms with Crippen molar-refractivity contribution in [3.05, 3.63) is 65.2 Å². The number of aliphatic hydroxyl groups is 1. The van der Waals surface area contributed by atoms with Crippen molar-refractivity contribution >= 4 is 29.4 Å². The highest BCUT2D eigenvalue weighted by atomic mass is 32.2. The van der Waals surface area contributed by atoms with E-state index < -0.39 is 18.3 Å². The van der Waals surface area contributed by atoms with E-state index in [4.69, 9.17) is 14.2 Å². The SMILES string of the molecule is CCOC(=O)CNC(=O)Nc1ccc([C@H]2O[C@@H](CSc3nnnn3C)[C@@H](C)[C@@H](c3ccc(CO)cc3)O2)cc1. The van der Waals surface area contributed by atoms with Crippen LogP contribution >= 0.6 is 11.8 Å². The molecule has 39 heavy (non-hydrogen) atoms. The van der Waals surface area contributed by atoms with Crippen molar-refractivity contribution in [2.75, 3.05) is 24.2 Å². The van der Waals surface area contributed by atoms with Gasteiger partial charge in [0.1, 0.15) is 6.54 Å². The number of carbonyl (C=O) groups is 2. The Labute approximate surface area is 230 Å². The topological polar surface area (TPSA) is 150 Å². The Balaban J connectivity index is 1.47. The molecular weight excluding hydrogens is 524 g/mol. The molecule has 4 atom stereocenters. The summed E-state index contributed by atoms with van der Waals surface area (Å²) in [7, 11) is 1.79. The number of nitrogens with one attached hydrogen (secondary N) is 2. The molecule has 0 radical (unpaired) electrons. The molecule has 0 spiro atoms. The molecule has 2 heterocycles. The van der Waals surface area contributed by atoms with E-state index in [2.05, 4.69) is 33.1 Å². The van der Waals surface area contributed by atoms with Gasteiger partial charge in [-0.25, -0.2) is 9.48 Å². The number of carbonyl (C=O) groups excluding carboxylic acids is 2. The van der Waals surface area contributed by atoms with E-state index in [9.17, 15) is 14.7 Å². The molecule has 1 fully saturated rings. The summed E-state index contributed by atoms with van der Waals surface area (Å²) in [6, 6.07) is 14.3. The molecule has 1 aliphatic heterocycles. The lowest BCUT2D eigenvalue weighted by atomic mass is 9.91. The minimum absolute atomic E-state index is 0.0129. The number of ether oxygens (including phenoxy) is 3. The number of urea groups is 1. The van der Waals surface area contributed by atoms with Crippen LogP contribution in [0.15, 0.2) is 53.7 Å². The van der Waals surface area contributed by atoms with Crippen LogP contribution in [0, 0.1) is 5.92 Å². The second-order valence-electron chi connectivity index (χ2n) is 8.95. The number of hydrogen-bond acceptors (Lipinski definition) is 10. The normalized spacial score (nSPS) is 20.8. The fourth-order valence-electron chi connectivity index (χ4n) is 4.07. The molecule has 3 aromatic rings. The van der Waals surface area contributed by atoms with Crippen LogP contribution in [0.4, 0.5) is 10.5 Å². The Hall–Kier alpha value is -3.52. The number of aromatic nitrogens is 4. The molecule has 12 nitrogen and oxygen atoms in total. The van der Waals surface area contributed by atoms with Crippen LogP contribution < -0.4 is 10.6 Å². The molecule has 0 bridgehead atoms. The Bertz CT molecular complexity index is 1240. The van der Waals surface area contributed by atoms with Gasteiger partial charge in [0.2, 0.25) is 5.16 Å². The number of tetrazole rings is 1. The second-order valence-corrected chi connectivity index (χ2v) is 9.94. The zero-order valence-corrected chi connectivity index (χ0v) is 22.8. The molecule has 4 rings (SSSR count). The summed E-state index contributed by atoms with van der Waals surface area (Å²) in [4.78, 5) is 23.6. The van der Waals surface area contributed by atoms with Crippen LogP contribution in [0.3, 0.4) is 0 Å². The number of rotatable bonds is 10. The molecule has 2 aromatic carbocycles. The Morgan fingerprint density at radius 1 is 1.10 bits per heavy atom. The maximum Gasteiger partial charge on any atom is 0.325 e. The lowest BCUT2D eigenvalue weighted by molar-refractivity contribution is -0.268. The average molecular weight is 557 g/mol. The first kappa shape index (κ1) is 28.5. The molecule has 1 saturated heterocycles. The number of hydrogen-bond donors (Lipinski definition) is 3. The van der Waals surface area contributed by atoms with Crippen LogP contribution in [0.5, 0.6) is 0 Å². The Morgan fingerprint density at radius 3 is 2.46 bits per heavy atom. The summed E-state index contributed by atoms with van der Waals surface area (Å²) in [5.41, 5.74) is 3.14. The molecule has 0 unspecified atom stereocenters. The highest BCUT2D eigenvalue weighted by Gasteiger charge is 2.38. The van der Waals surface area contributed by atoms with E-state index >= 15 is 0 Å². The minimum Gasteiger partial charge on any atom is -0.465 e. The summed E-state index contributed by atoms with van der Waals surface area (Å²) >= 11 is 1.51. The van der Waals surface area contributed by atoms with Gasteiger partial charge in [-0.2, -0.15) is 0 Å². The van der Waals surface area contributed by atoms with Gasteiger partial charge in [-0.3, -0.25) is 4.79 Å². The quantitative estimate of drug-likeness (QED) is 0.251. The largest absolute Gasteiger partial charge is 0.465 e. The molecule has 1 aliphatic rings. The number of benzene rings is 2. The van der Waals surface area contributed by atoms with Crippen molar-refractivity contribution in [1.82, 2.24) is 25.5 Å². The maximum atomic E-state index is 12.1. The van der Waals surface area contributed by atoms with Crippen LogP contribution in [0.2, 0.25) is 0 Å². The van der Waals surface area contributed by atoms with E-state index in [1.165, 1.54) is 11.8 Å². The van der Waals surface area contributed by atoms with Crippen molar-refractivity contribution in [2.45, 2.75) is 44.1 Å². The fourth-order valence-corrected chi connectivity index (χ4v) is 5.09. The lowest BCUT2D eigenvalue weighted by Gasteiger charge is -2.41. The molecule has 1 aromatic heterocycles. The zero-order chi connectivity index (χ0) is 27.8. The molecule has 0 aliphatic carbocycles. The van der Waals surface area contributed by atoms with Crippen LogP contribution in [0.25, 0.3) is 0 Å². The molecule has 2 amide bonds. The summed E-state index contributed by atoms with van der Waals surface area (Å²) in [5, 5.41) is 26.9. The number of anilines is 1. The molecule has 208 valence electrons. The predicted octanol–water partition coefficient (Wildman–Crippen LogP) is 2.97. The van der Waals surface area contributed by atoms with Gasteiger partial charge in [0.25, 0.3) is 0 Å². The van der Waals surface area contributed by atoms with Gasteiger partial charge in [-0.15, -0.1) is 5.10 Å². The van der Waals surface area contributed by atoms with Crippen molar-refractivity contribution in [3.63, 3.8) is 0 Å². The summed E-state index contributed by atoms with van der Waals surface area (Å²) in [6.07, 6.45) is -1.09. The van der Waals surface area contributed by atoms with Gasteiger partial charge in [-0.1, -0.05) is 55.1 Å². The summed E-state index contributed by atoms with van der Waals surface area (Å²) < 4.78 is 19.3. The highest BCUT2D eigenvalue weighted by Crippen LogP contribution is 2.43. The third-order valence-corrected chi connectivity index (χ3v) is 7.32. The van der Waals surface area contributed by atoms with E-state index in [1.807, 2.05) is 36.4 Å². The second kappa shape index (κ2) is 13.5. The smallest absolute Gasteiger partial charge is 0.325 e. The van der Waals surface area contributed by atoms with Crippen molar-refractivity contribution < 1.29 is 28.9 Å². The Kier molecular flexibility index (Phi) is 9.87. The van der Waals surface area contributed by atoms with Gasteiger partial charge in [0.15, 0.2) is 6.29 Å². The first-order valence-corrected chi connectivity index (χ1v) is 13.5. The van der Waals surface area contributed by atoms with E-state index in [0.29, 0.717) is 16.6 Å².